The quantitative estimate of drug-likeness (QED) is 0.919. The molecule has 1 aromatic heterocycles. The van der Waals surface area contributed by atoms with Gasteiger partial charge in [0.25, 0.3) is 0 Å². The van der Waals surface area contributed by atoms with E-state index in [1.54, 1.807) is 0 Å². The second-order valence-corrected chi connectivity index (χ2v) is 7.02. The van der Waals surface area contributed by atoms with Crippen LogP contribution in [0.3, 0.4) is 0 Å². The summed E-state index contributed by atoms with van der Waals surface area (Å²) >= 11 is 5.39. The fourth-order valence-electron chi connectivity index (χ4n) is 2.40. The Morgan fingerprint density at radius 3 is 3.06 bits per heavy atom. The van der Waals surface area contributed by atoms with E-state index in [9.17, 15) is 0 Å². The van der Waals surface area contributed by atoms with Crippen molar-refractivity contribution in [3.63, 3.8) is 0 Å². The van der Waals surface area contributed by atoms with Gasteiger partial charge in [-0.1, -0.05) is 0 Å². The van der Waals surface area contributed by atoms with E-state index in [1.807, 2.05) is 18.4 Å². The van der Waals surface area contributed by atoms with Crippen molar-refractivity contribution in [2.24, 2.45) is 5.92 Å². The molecular weight excluding hydrogens is 284 g/mol. The first-order valence-corrected chi connectivity index (χ1v) is 7.45. The van der Waals surface area contributed by atoms with Crippen LogP contribution < -0.4 is 5.32 Å². The highest BCUT2D eigenvalue weighted by Crippen LogP contribution is 2.33. The molecule has 2 rings (SSSR count). The fraction of sp³-hybridized carbons (Fsp3) is 0.667. The van der Waals surface area contributed by atoms with E-state index in [4.69, 9.17) is 0 Å². The molecule has 2 atom stereocenters. The van der Waals surface area contributed by atoms with E-state index in [-0.39, 0.29) is 0 Å². The number of thiophene rings is 1. The smallest absolute Gasteiger partial charge is 0.0701 e. The van der Waals surface area contributed by atoms with E-state index in [0.29, 0.717) is 6.04 Å². The van der Waals surface area contributed by atoms with Gasteiger partial charge in [-0.25, -0.2) is 0 Å². The van der Waals surface area contributed by atoms with Gasteiger partial charge in [0.05, 0.1) is 3.79 Å². The lowest BCUT2D eigenvalue weighted by atomic mass is 10.1. The Balaban J connectivity index is 1.94. The zero-order chi connectivity index (χ0) is 11.5. The third kappa shape index (κ3) is 2.86. The molecular formula is C12H19BrN2S. The molecule has 0 bridgehead atoms. The average molecular weight is 303 g/mol. The summed E-state index contributed by atoms with van der Waals surface area (Å²) in [7, 11) is 2.04. The maximum Gasteiger partial charge on any atom is 0.0701 e. The van der Waals surface area contributed by atoms with Gasteiger partial charge in [0, 0.05) is 17.5 Å². The third-order valence-electron chi connectivity index (χ3n) is 3.36. The van der Waals surface area contributed by atoms with Crippen LogP contribution in [-0.2, 0) is 0 Å². The molecule has 1 aliphatic heterocycles. The lowest BCUT2D eigenvalue weighted by Gasteiger charge is -2.23. The van der Waals surface area contributed by atoms with Gasteiger partial charge in [0.2, 0.25) is 0 Å². The Bertz CT molecular complexity index is 340. The lowest BCUT2D eigenvalue weighted by molar-refractivity contribution is 0.255. The standard InChI is InChI=1S/C12H19BrN2S/c1-9(11-3-4-12(13)16-11)15-6-5-10(8-15)7-14-2/h3-4,9-10,14H,5-8H2,1-2H3. The highest BCUT2D eigenvalue weighted by molar-refractivity contribution is 9.11. The minimum Gasteiger partial charge on any atom is -0.319 e. The van der Waals surface area contributed by atoms with Crippen molar-refractivity contribution >= 4 is 27.3 Å². The third-order valence-corrected chi connectivity index (χ3v) is 5.16. The van der Waals surface area contributed by atoms with E-state index in [2.05, 4.69) is 45.2 Å². The molecule has 16 heavy (non-hydrogen) atoms. The molecule has 90 valence electrons. The SMILES string of the molecule is CNCC1CCN(C(C)c2ccc(Br)s2)C1. The van der Waals surface area contributed by atoms with Crippen LogP contribution in [0.2, 0.25) is 0 Å². The molecule has 0 aliphatic carbocycles. The molecule has 1 aromatic rings. The van der Waals surface area contributed by atoms with Gasteiger partial charge < -0.3 is 5.32 Å². The first-order valence-electron chi connectivity index (χ1n) is 5.84. The number of likely N-dealkylation sites (tertiary alicyclic amines) is 1. The summed E-state index contributed by atoms with van der Waals surface area (Å²) in [6, 6.07) is 4.96. The minimum atomic E-state index is 0.568. The number of rotatable bonds is 4. The van der Waals surface area contributed by atoms with Crippen molar-refractivity contribution in [1.82, 2.24) is 10.2 Å². The number of nitrogens with zero attached hydrogens (tertiary/aromatic N) is 1. The maximum absolute atomic E-state index is 3.54. The fourth-order valence-corrected chi connectivity index (χ4v) is 3.91. The molecule has 4 heteroatoms. The van der Waals surface area contributed by atoms with Crippen molar-refractivity contribution in [3.05, 3.63) is 20.8 Å². The Hall–Kier alpha value is 0.1000. The van der Waals surface area contributed by atoms with Gasteiger partial charge in [-0.3, -0.25) is 4.90 Å². The van der Waals surface area contributed by atoms with Gasteiger partial charge in [0.15, 0.2) is 0 Å². The number of hydrogen-bond acceptors (Lipinski definition) is 3. The van der Waals surface area contributed by atoms with E-state index < -0.39 is 0 Å². The maximum atomic E-state index is 3.54. The van der Waals surface area contributed by atoms with Gasteiger partial charge in [-0.15, -0.1) is 11.3 Å². The predicted octanol–water partition coefficient (Wildman–Crippen LogP) is 3.11. The Morgan fingerprint density at radius 1 is 1.62 bits per heavy atom. The summed E-state index contributed by atoms with van der Waals surface area (Å²) in [5.41, 5.74) is 0. The summed E-state index contributed by atoms with van der Waals surface area (Å²) in [5, 5.41) is 3.28. The predicted molar refractivity (Wildman–Crippen MR) is 74.0 cm³/mol. The van der Waals surface area contributed by atoms with E-state index >= 15 is 0 Å². The van der Waals surface area contributed by atoms with Crippen molar-refractivity contribution < 1.29 is 0 Å². The lowest BCUT2D eigenvalue weighted by Crippen LogP contribution is -2.26. The molecule has 1 saturated heterocycles. The zero-order valence-electron chi connectivity index (χ0n) is 9.87. The minimum absolute atomic E-state index is 0.568. The second kappa shape index (κ2) is 5.63. The van der Waals surface area contributed by atoms with E-state index in [0.717, 1.165) is 12.5 Å². The first-order chi connectivity index (χ1) is 7.70. The zero-order valence-corrected chi connectivity index (χ0v) is 12.3. The normalized spacial score (nSPS) is 23.8. The molecule has 1 N–H and O–H groups in total. The van der Waals surface area contributed by atoms with Gasteiger partial charge in [-0.2, -0.15) is 0 Å². The molecule has 1 aliphatic rings. The van der Waals surface area contributed by atoms with Crippen LogP contribution in [0.15, 0.2) is 15.9 Å². The molecule has 0 amide bonds. The first kappa shape index (κ1) is 12.6. The van der Waals surface area contributed by atoms with Crippen molar-refractivity contribution in [3.8, 4) is 0 Å². The van der Waals surface area contributed by atoms with Crippen LogP contribution in [0.4, 0.5) is 0 Å². The molecule has 0 saturated carbocycles. The summed E-state index contributed by atoms with van der Waals surface area (Å²) in [6.45, 7) is 5.94. The molecule has 1 fully saturated rings. The summed E-state index contributed by atoms with van der Waals surface area (Å²) < 4.78 is 1.24. The highest BCUT2D eigenvalue weighted by Gasteiger charge is 2.26. The summed E-state index contributed by atoms with van der Waals surface area (Å²) in [6.07, 6.45) is 1.33. The van der Waals surface area contributed by atoms with Crippen molar-refractivity contribution in [1.29, 1.82) is 0 Å². The van der Waals surface area contributed by atoms with Crippen molar-refractivity contribution in [2.45, 2.75) is 19.4 Å². The summed E-state index contributed by atoms with van der Waals surface area (Å²) in [5.74, 6) is 0.829. The molecule has 0 aromatic carbocycles. The number of hydrogen-bond donors (Lipinski definition) is 1. The number of nitrogens with one attached hydrogen (secondary N) is 1. The second-order valence-electron chi connectivity index (χ2n) is 4.53. The van der Waals surface area contributed by atoms with Gasteiger partial charge >= 0.3 is 0 Å². The molecule has 2 heterocycles. The Kier molecular flexibility index (Phi) is 4.41. The summed E-state index contributed by atoms with van der Waals surface area (Å²) in [4.78, 5) is 4.07. The average Bonchev–Trinajstić information content (AvgIpc) is 2.87. The van der Waals surface area contributed by atoms with Crippen LogP contribution >= 0.6 is 27.3 Å². The van der Waals surface area contributed by atoms with E-state index in [1.165, 1.54) is 28.2 Å². The Morgan fingerprint density at radius 2 is 2.44 bits per heavy atom. The molecule has 0 radical (unpaired) electrons. The molecule has 2 unspecified atom stereocenters. The van der Waals surface area contributed by atoms with Gasteiger partial charge in [0.1, 0.15) is 0 Å². The Labute approximate surface area is 110 Å². The number of halogens is 1. The van der Waals surface area contributed by atoms with Crippen LogP contribution in [-0.4, -0.2) is 31.6 Å². The highest BCUT2D eigenvalue weighted by atomic mass is 79.9. The van der Waals surface area contributed by atoms with Crippen LogP contribution in [0.1, 0.15) is 24.3 Å². The van der Waals surface area contributed by atoms with Crippen LogP contribution in [0.25, 0.3) is 0 Å². The molecule has 2 nitrogen and oxygen atoms in total. The van der Waals surface area contributed by atoms with Crippen molar-refractivity contribution in [2.75, 3.05) is 26.7 Å². The van der Waals surface area contributed by atoms with Crippen LogP contribution in [0, 0.1) is 5.92 Å². The largest absolute Gasteiger partial charge is 0.319 e. The van der Waals surface area contributed by atoms with Gasteiger partial charge in [-0.05, 0) is 67.5 Å². The monoisotopic (exact) mass is 302 g/mol. The molecule has 0 spiro atoms. The van der Waals surface area contributed by atoms with Crippen LogP contribution in [0.5, 0.6) is 0 Å². The topological polar surface area (TPSA) is 15.3 Å².